The highest BCUT2D eigenvalue weighted by Gasteiger charge is 2.16. The summed E-state index contributed by atoms with van der Waals surface area (Å²) in [7, 11) is 3.38. The van der Waals surface area contributed by atoms with Crippen LogP contribution in [-0.2, 0) is 4.74 Å². The molecular formula is C14H26IN5O2S. The average molecular weight is 455 g/mol. The summed E-state index contributed by atoms with van der Waals surface area (Å²) in [5.41, 5.74) is 2.16. The molecule has 0 spiro atoms. The number of aromatic nitrogens is 1. The van der Waals surface area contributed by atoms with E-state index >= 15 is 0 Å². The zero-order valence-electron chi connectivity index (χ0n) is 14.2. The molecule has 0 unspecified atom stereocenters. The number of carbonyl (C=O) groups excluding carboxylic acids is 1. The van der Waals surface area contributed by atoms with Gasteiger partial charge in [-0.25, -0.2) is 4.98 Å². The van der Waals surface area contributed by atoms with Gasteiger partial charge in [-0.2, -0.15) is 0 Å². The molecule has 1 aromatic rings. The molecule has 1 amide bonds. The first-order valence-electron chi connectivity index (χ1n) is 7.07. The minimum Gasteiger partial charge on any atom is -0.377 e. The standard InChI is InChI=1S/C14H25N5O2S.HI/c1-10-11(22-9-19-10)12(20)16-6-7-17-13(15-4)18-8-14(2,3)21-5;/h9H,6-8H2,1-5H3,(H,16,20)(H2,15,17,18);1H. The van der Waals surface area contributed by atoms with Crippen molar-refractivity contribution in [3.8, 4) is 0 Å². The van der Waals surface area contributed by atoms with Crippen LogP contribution in [0.4, 0.5) is 0 Å². The number of hydrogen-bond donors (Lipinski definition) is 3. The maximum absolute atomic E-state index is 11.9. The Balaban J connectivity index is 0.00000484. The number of halogens is 1. The van der Waals surface area contributed by atoms with Crippen molar-refractivity contribution in [2.24, 2.45) is 4.99 Å². The van der Waals surface area contributed by atoms with Gasteiger partial charge in [-0.05, 0) is 20.8 Å². The summed E-state index contributed by atoms with van der Waals surface area (Å²) in [5, 5.41) is 9.17. The number of carbonyl (C=O) groups is 1. The summed E-state index contributed by atoms with van der Waals surface area (Å²) in [5.74, 6) is 0.582. The Bertz CT molecular complexity index is 519. The predicted octanol–water partition coefficient (Wildman–Crippen LogP) is 1.39. The van der Waals surface area contributed by atoms with E-state index in [1.54, 1.807) is 19.7 Å². The van der Waals surface area contributed by atoms with E-state index in [-0.39, 0.29) is 35.5 Å². The topological polar surface area (TPSA) is 87.6 Å². The van der Waals surface area contributed by atoms with Gasteiger partial charge in [-0.15, -0.1) is 35.3 Å². The van der Waals surface area contributed by atoms with Crippen LogP contribution in [-0.4, -0.2) is 56.2 Å². The first-order chi connectivity index (χ1) is 10.4. The molecule has 1 rings (SSSR count). The Kier molecular flexibility index (Phi) is 10.3. The highest BCUT2D eigenvalue weighted by atomic mass is 127. The number of aliphatic imine (C=N–C) groups is 1. The number of methoxy groups -OCH3 is 1. The SMILES string of the molecule is CN=C(NCCNC(=O)c1scnc1C)NCC(C)(C)OC.I. The number of nitrogens with one attached hydrogen (secondary N) is 3. The van der Waals surface area contributed by atoms with Gasteiger partial charge in [0.2, 0.25) is 0 Å². The molecule has 0 saturated heterocycles. The van der Waals surface area contributed by atoms with E-state index in [2.05, 4.69) is 25.9 Å². The van der Waals surface area contributed by atoms with Gasteiger partial charge >= 0.3 is 0 Å². The molecular weight excluding hydrogens is 429 g/mol. The molecule has 1 heterocycles. The van der Waals surface area contributed by atoms with Gasteiger partial charge in [0.15, 0.2) is 5.96 Å². The van der Waals surface area contributed by atoms with Crippen LogP contribution < -0.4 is 16.0 Å². The molecule has 0 atom stereocenters. The molecule has 132 valence electrons. The van der Waals surface area contributed by atoms with E-state index in [0.717, 1.165) is 5.69 Å². The largest absolute Gasteiger partial charge is 0.377 e. The van der Waals surface area contributed by atoms with Crippen molar-refractivity contribution in [3.63, 3.8) is 0 Å². The molecule has 0 aliphatic rings. The Hall–Kier alpha value is -0.940. The second kappa shape index (κ2) is 10.8. The van der Waals surface area contributed by atoms with Crippen LogP contribution in [0.5, 0.6) is 0 Å². The van der Waals surface area contributed by atoms with Crippen molar-refractivity contribution >= 4 is 47.2 Å². The van der Waals surface area contributed by atoms with Crippen molar-refractivity contribution < 1.29 is 9.53 Å². The summed E-state index contributed by atoms with van der Waals surface area (Å²) < 4.78 is 5.34. The maximum Gasteiger partial charge on any atom is 0.263 e. The highest BCUT2D eigenvalue weighted by molar-refractivity contribution is 14.0. The van der Waals surface area contributed by atoms with Crippen molar-refractivity contribution in [1.29, 1.82) is 0 Å². The molecule has 0 bridgehead atoms. The number of nitrogens with zero attached hydrogens (tertiary/aromatic N) is 2. The Morgan fingerprint density at radius 1 is 1.35 bits per heavy atom. The molecule has 1 aromatic heterocycles. The summed E-state index contributed by atoms with van der Waals surface area (Å²) >= 11 is 1.35. The number of guanidine groups is 1. The lowest BCUT2D eigenvalue weighted by atomic mass is 10.1. The Morgan fingerprint density at radius 3 is 2.52 bits per heavy atom. The molecule has 23 heavy (non-hydrogen) atoms. The number of hydrogen-bond acceptors (Lipinski definition) is 5. The summed E-state index contributed by atoms with van der Waals surface area (Å²) in [4.78, 5) is 20.8. The van der Waals surface area contributed by atoms with Gasteiger partial charge in [0.05, 0.1) is 16.8 Å². The lowest BCUT2D eigenvalue weighted by molar-refractivity contribution is 0.0268. The lowest BCUT2D eigenvalue weighted by Crippen LogP contribution is -2.46. The van der Waals surface area contributed by atoms with Crippen molar-refractivity contribution in [2.45, 2.75) is 26.4 Å². The van der Waals surface area contributed by atoms with E-state index in [9.17, 15) is 4.79 Å². The maximum atomic E-state index is 11.9. The van der Waals surface area contributed by atoms with E-state index in [1.165, 1.54) is 11.3 Å². The van der Waals surface area contributed by atoms with Gasteiger partial charge < -0.3 is 20.7 Å². The number of thiazole rings is 1. The van der Waals surface area contributed by atoms with E-state index < -0.39 is 0 Å². The fourth-order valence-electron chi connectivity index (χ4n) is 1.55. The number of ether oxygens (including phenoxy) is 1. The lowest BCUT2D eigenvalue weighted by Gasteiger charge is -2.24. The molecule has 3 N–H and O–H groups in total. The smallest absolute Gasteiger partial charge is 0.263 e. The van der Waals surface area contributed by atoms with Gasteiger partial charge in [-0.1, -0.05) is 0 Å². The molecule has 0 aromatic carbocycles. The van der Waals surface area contributed by atoms with Crippen LogP contribution in [0, 0.1) is 6.92 Å². The Morgan fingerprint density at radius 2 is 2.00 bits per heavy atom. The van der Waals surface area contributed by atoms with Crippen LogP contribution in [0.25, 0.3) is 0 Å². The third-order valence-corrected chi connectivity index (χ3v) is 4.04. The Labute approximate surface area is 158 Å². The molecule has 0 aliphatic heterocycles. The number of rotatable bonds is 7. The number of aryl methyl sites for hydroxylation is 1. The van der Waals surface area contributed by atoms with E-state index in [0.29, 0.717) is 30.5 Å². The van der Waals surface area contributed by atoms with Crippen LogP contribution in [0.1, 0.15) is 29.2 Å². The monoisotopic (exact) mass is 455 g/mol. The highest BCUT2D eigenvalue weighted by Crippen LogP contribution is 2.11. The molecule has 0 fully saturated rings. The van der Waals surface area contributed by atoms with Crippen molar-refractivity contribution in [2.75, 3.05) is 33.8 Å². The van der Waals surface area contributed by atoms with Crippen molar-refractivity contribution in [3.05, 3.63) is 16.1 Å². The van der Waals surface area contributed by atoms with Gasteiger partial charge in [0, 0.05) is 33.8 Å². The summed E-state index contributed by atoms with van der Waals surface area (Å²) in [6, 6.07) is 0. The minimum absolute atomic E-state index is 0. The normalized spacial score (nSPS) is 11.6. The van der Waals surface area contributed by atoms with Crippen LogP contribution >= 0.6 is 35.3 Å². The third-order valence-electron chi connectivity index (χ3n) is 3.11. The van der Waals surface area contributed by atoms with Crippen LogP contribution in [0.2, 0.25) is 0 Å². The fourth-order valence-corrected chi connectivity index (χ4v) is 2.27. The van der Waals surface area contributed by atoms with Gasteiger partial charge in [0.25, 0.3) is 5.91 Å². The first-order valence-corrected chi connectivity index (χ1v) is 7.95. The van der Waals surface area contributed by atoms with Crippen LogP contribution in [0.15, 0.2) is 10.5 Å². The first kappa shape index (κ1) is 22.1. The number of amides is 1. The fraction of sp³-hybridized carbons (Fsp3) is 0.643. The quantitative estimate of drug-likeness (QED) is 0.250. The zero-order chi connectivity index (χ0) is 16.6. The average Bonchev–Trinajstić information content (AvgIpc) is 2.92. The van der Waals surface area contributed by atoms with Gasteiger partial charge in [0.1, 0.15) is 4.88 Å². The zero-order valence-corrected chi connectivity index (χ0v) is 17.4. The molecule has 9 heteroatoms. The van der Waals surface area contributed by atoms with Crippen LogP contribution in [0.3, 0.4) is 0 Å². The molecule has 0 radical (unpaired) electrons. The van der Waals surface area contributed by atoms with E-state index in [4.69, 9.17) is 4.74 Å². The summed E-state index contributed by atoms with van der Waals surface area (Å²) in [6.07, 6.45) is 0. The molecule has 7 nitrogen and oxygen atoms in total. The van der Waals surface area contributed by atoms with Gasteiger partial charge in [-0.3, -0.25) is 9.79 Å². The minimum atomic E-state index is -0.268. The van der Waals surface area contributed by atoms with E-state index in [1.807, 2.05) is 20.8 Å². The predicted molar refractivity (Wildman–Crippen MR) is 105 cm³/mol. The molecule has 0 aliphatic carbocycles. The molecule has 0 saturated carbocycles. The second-order valence-corrected chi connectivity index (χ2v) is 6.19. The summed E-state index contributed by atoms with van der Waals surface area (Å²) in [6.45, 7) is 7.53. The van der Waals surface area contributed by atoms with Crippen molar-refractivity contribution in [1.82, 2.24) is 20.9 Å². The third kappa shape index (κ3) is 7.93. The second-order valence-electron chi connectivity index (χ2n) is 5.34.